The van der Waals surface area contributed by atoms with Crippen molar-refractivity contribution in [1.29, 1.82) is 0 Å². The molecule has 0 aromatic carbocycles. The number of hydrogen-bond acceptors (Lipinski definition) is 5. The van der Waals surface area contributed by atoms with Gasteiger partial charge in [-0.15, -0.1) is 0 Å². The first-order valence-electron chi connectivity index (χ1n) is 7.75. The lowest BCUT2D eigenvalue weighted by atomic mass is 10.1. The molecule has 0 aliphatic carbocycles. The van der Waals surface area contributed by atoms with E-state index < -0.39 is 36.3 Å². The molecule has 0 spiro atoms. The van der Waals surface area contributed by atoms with Gasteiger partial charge in [0.25, 0.3) is 0 Å². The number of carbonyl (C=O) groups is 4. The van der Waals surface area contributed by atoms with Crippen molar-refractivity contribution in [3.63, 3.8) is 0 Å². The predicted octanol–water partition coefficient (Wildman–Crippen LogP) is -1.83. The number of amides is 3. The maximum Gasteiger partial charge on any atom is 0.326 e. The van der Waals surface area contributed by atoms with Gasteiger partial charge in [-0.2, -0.15) is 0 Å². The van der Waals surface area contributed by atoms with Gasteiger partial charge in [-0.1, -0.05) is 0 Å². The molecule has 2 heterocycles. The zero-order valence-corrected chi connectivity index (χ0v) is 12.8. The Bertz CT molecular complexity index is 503. The molecular weight excluding hydrogens is 304 g/mol. The van der Waals surface area contributed by atoms with E-state index in [1.165, 1.54) is 4.90 Å². The summed E-state index contributed by atoms with van der Waals surface area (Å²) in [4.78, 5) is 48.3. The van der Waals surface area contributed by atoms with Gasteiger partial charge in [-0.25, -0.2) is 4.79 Å². The van der Waals surface area contributed by atoms with E-state index in [1.807, 2.05) is 0 Å². The van der Waals surface area contributed by atoms with Crippen molar-refractivity contribution in [2.75, 3.05) is 13.1 Å². The van der Waals surface area contributed by atoms with Crippen molar-refractivity contribution in [2.45, 2.75) is 50.2 Å². The Hall–Kier alpha value is -2.16. The molecule has 9 nitrogen and oxygen atoms in total. The zero-order valence-electron chi connectivity index (χ0n) is 12.8. The molecule has 23 heavy (non-hydrogen) atoms. The van der Waals surface area contributed by atoms with E-state index in [4.69, 9.17) is 10.8 Å². The molecule has 0 aromatic rings. The minimum Gasteiger partial charge on any atom is -0.480 e. The molecule has 5 N–H and O–H groups in total. The van der Waals surface area contributed by atoms with Gasteiger partial charge in [0.05, 0.1) is 12.5 Å². The fourth-order valence-corrected chi connectivity index (χ4v) is 3.07. The highest BCUT2D eigenvalue weighted by atomic mass is 16.4. The molecule has 0 bridgehead atoms. The van der Waals surface area contributed by atoms with Crippen LogP contribution in [0.5, 0.6) is 0 Å². The molecule has 2 aliphatic rings. The molecule has 128 valence electrons. The number of primary amides is 1. The van der Waals surface area contributed by atoms with E-state index >= 15 is 0 Å². The molecule has 2 aliphatic heterocycles. The second kappa shape index (κ2) is 7.40. The number of hydrogen-bond donors (Lipinski definition) is 4. The van der Waals surface area contributed by atoms with Crippen molar-refractivity contribution in [2.24, 2.45) is 5.73 Å². The first kappa shape index (κ1) is 17.2. The SMILES string of the molecule is NC(=O)C[C@H](NC(=O)[C@@H]1CCCN1C(=O)[C@@H]1CCCN1)C(=O)O. The lowest BCUT2D eigenvalue weighted by Gasteiger charge is -2.27. The van der Waals surface area contributed by atoms with Crippen LogP contribution in [0.25, 0.3) is 0 Å². The number of nitrogens with two attached hydrogens (primary N) is 1. The van der Waals surface area contributed by atoms with Gasteiger partial charge in [0, 0.05) is 6.54 Å². The average molecular weight is 326 g/mol. The number of nitrogens with one attached hydrogen (secondary N) is 2. The quantitative estimate of drug-likeness (QED) is 0.452. The van der Waals surface area contributed by atoms with Gasteiger partial charge in [-0.3, -0.25) is 14.4 Å². The van der Waals surface area contributed by atoms with E-state index in [-0.39, 0.29) is 11.9 Å². The molecule has 2 fully saturated rings. The molecule has 0 saturated carbocycles. The van der Waals surface area contributed by atoms with Crippen LogP contribution < -0.4 is 16.4 Å². The first-order chi connectivity index (χ1) is 10.9. The fourth-order valence-electron chi connectivity index (χ4n) is 3.07. The highest BCUT2D eigenvalue weighted by Crippen LogP contribution is 2.21. The number of nitrogens with zero attached hydrogens (tertiary/aromatic N) is 1. The van der Waals surface area contributed by atoms with Crippen molar-refractivity contribution in [3.8, 4) is 0 Å². The molecular formula is C14H22N4O5. The molecule has 0 aromatic heterocycles. The topological polar surface area (TPSA) is 142 Å². The number of carboxylic acid groups (broad SMARTS) is 1. The van der Waals surface area contributed by atoms with Crippen LogP contribution in [0.1, 0.15) is 32.1 Å². The molecule has 0 unspecified atom stereocenters. The lowest BCUT2D eigenvalue weighted by Crippen LogP contribution is -2.54. The summed E-state index contributed by atoms with van der Waals surface area (Å²) >= 11 is 0. The number of aliphatic carboxylic acids is 1. The van der Waals surface area contributed by atoms with E-state index in [0.29, 0.717) is 19.4 Å². The van der Waals surface area contributed by atoms with Crippen molar-refractivity contribution < 1.29 is 24.3 Å². The zero-order chi connectivity index (χ0) is 17.0. The van der Waals surface area contributed by atoms with Crippen LogP contribution in [0.4, 0.5) is 0 Å². The third kappa shape index (κ3) is 4.19. The molecule has 3 amide bonds. The van der Waals surface area contributed by atoms with E-state index in [1.54, 1.807) is 0 Å². The van der Waals surface area contributed by atoms with E-state index in [0.717, 1.165) is 19.4 Å². The third-order valence-corrected chi connectivity index (χ3v) is 4.22. The van der Waals surface area contributed by atoms with E-state index in [2.05, 4.69) is 10.6 Å². The van der Waals surface area contributed by atoms with Crippen LogP contribution in [-0.4, -0.2) is 64.9 Å². The second-order valence-corrected chi connectivity index (χ2v) is 5.91. The standard InChI is InChI=1S/C14H22N4O5/c15-11(19)7-9(14(22)23)17-12(20)10-4-2-6-18(10)13(21)8-3-1-5-16-8/h8-10,16H,1-7H2,(H2,15,19)(H,17,20)(H,22,23)/t8-,9-,10-/m0/s1. The summed E-state index contributed by atoms with van der Waals surface area (Å²) in [6, 6.07) is -2.34. The van der Waals surface area contributed by atoms with Crippen LogP contribution in [0.15, 0.2) is 0 Å². The Kier molecular flexibility index (Phi) is 5.54. The Morgan fingerprint density at radius 2 is 2.00 bits per heavy atom. The maximum atomic E-state index is 12.5. The monoisotopic (exact) mass is 326 g/mol. The average Bonchev–Trinajstić information content (AvgIpc) is 3.16. The van der Waals surface area contributed by atoms with Crippen LogP contribution in [0, 0.1) is 0 Å². The second-order valence-electron chi connectivity index (χ2n) is 5.91. The fraction of sp³-hybridized carbons (Fsp3) is 0.714. The van der Waals surface area contributed by atoms with Crippen molar-refractivity contribution >= 4 is 23.7 Å². The molecule has 2 rings (SSSR count). The van der Waals surface area contributed by atoms with Crippen LogP contribution >= 0.6 is 0 Å². The molecule has 9 heteroatoms. The van der Waals surface area contributed by atoms with Gasteiger partial charge in [0.15, 0.2) is 0 Å². The first-order valence-corrected chi connectivity index (χ1v) is 7.75. The van der Waals surface area contributed by atoms with Gasteiger partial charge in [0.1, 0.15) is 12.1 Å². The normalized spacial score (nSPS) is 25.1. The highest BCUT2D eigenvalue weighted by molar-refractivity contribution is 5.93. The Morgan fingerprint density at radius 3 is 2.57 bits per heavy atom. The summed E-state index contributed by atoms with van der Waals surface area (Å²) in [5.41, 5.74) is 4.99. The highest BCUT2D eigenvalue weighted by Gasteiger charge is 2.39. The van der Waals surface area contributed by atoms with Gasteiger partial charge < -0.3 is 26.4 Å². The summed E-state index contributed by atoms with van der Waals surface area (Å²) in [6.45, 7) is 1.25. The van der Waals surface area contributed by atoms with Crippen molar-refractivity contribution in [3.05, 3.63) is 0 Å². The largest absolute Gasteiger partial charge is 0.480 e. The smallest absolute Gasteiger partial charge is 0.326 e. The Morgan fingerprint density at radius 1 is 1.26 bits per heavy atom. The molecule has 3 atom stereocenters. The summed E-state index contributed by atoms with van der Waals surface area (Å²) < 4.78 is 0. The van der Waals surface area contributed by atoms with Crippen molar-refractivity contribution in [1.82, 2.24) is 15.5 Å². The van der Waals surface area contributed by atoms with Crippen LogP contribution in [0.3, 0.4) is 0 Å². The number of rotatable bonds is 6. The minimum absolute atomic E-state index is 0.123. The summed E-state index contributed by atoms with van der Waals surface area (Å²) in [5, 5.41) is 14.5. The van der Waals surface area contributed by atoms with Gasteiger partial charge >= 0.3 is 5.97 Å². The Labute approximate surface area is 133 Å². The van der Waals surface area contributed by atoms with Gasteiger partial charge in [-0.05, 0) is 32.2 Å². The molecule has 2 saturated heterocycles. The summed E-state index contributed by atoms with van der Waals surface area (Å²) in [7, 11) is 0. The lowest BCUT2D eigenvalue weighted by molar-refractivity contribution is -0.145. The third-order valence-electron chi connectivity index (χ3n) is 4.22. The number of likely N-dealkylation sites (tertiary alicyclic amines) is 1. The maximum absolute atomic E-state index is 12.5. The van der Waals surface area contributed by atoms with Gasteiger partial charge in [0.2, 0.25) is 17.7 Å². The Balaban J connectivity index is 2.00. The number of carboxylic acids is 1. The predicted molar refractivity (Wildman–Crippen MR) is 79.1 cm³/mol. The van der Waals surface area contributed by atoms with Crippen LogP contribution in [0.2, 0.25) is 0 Å². The molecule has 0 radical (unpaired) electrons. The minimum atomic E-state index is -1.37. The van der Waals surface area contributed by atoms with Crippen LogP contribution in [-0.2, 0) is 19.2 Å². The van der Waals surface area contributed by atoms with E-state index in [9.17, 15) is 19.2 Å². The summed E-state index contributed by atoms with van der Waals surface area (Å²) in [6.07, 6.45) is 2.34. The summed E-state index contributed by atoms with van der Waals surface area (Å²) in [5.74, 6) is -2.82. The number of carbonyl (C=O) groups excluding carboxylic acids is 3.